The van der Waals surface area contributed by atoms with Crippen molar-refractivity contribution in [2.75, 3.05) is 17.6 Å². The smallest absolute Gasteiger partial charge is 0.368 e. The van der Waals surface area contributed by atoms with E-state index in [-0.39, 0.29) is 5.95 Å². The molecule has 0 aliphatic carbocycles. The third kappa shape index (κ3) is 3.81. The summed E-state index contributed by atoms with van der Waals surface area (Å²) in [5, 5.41) is 2.70. The molecule has 0 aliphatic heterocycles. The van der Waals surface area contributed by atoms with Gasteiger partial charge in [0.25, 0.3) is 0 Å². The molecular weight excluding hydrogens is 271 g/mol. The van der Waals surface area contributed by atoms with Crippen molar-refractivity contribution >= 4 is 11.9 Å². The van der Waals surface area contributed by atoms with Gasteiger partial charge in [0.15, 0.2) is 0 Å². The Morgan fingerprint density at radius 3 is 2.40 bits per heavy atom. The molecule has 1 aromatic carbocycles. The molecule has 2 rings (SSSR count). The number of nitrogens with two attached hydrogens (primary N) is 1. The third-order valence-electron chi connectivity index (χ3n) is 2.45. The van der Waals surface area contributed by atoms with Crippen molar-refractivity contribution in [3.8, 4) is 0 Å². The first-order chi connectivity index (χ1) is 9.45. The lowest BCUT2D eigenvalue weighted by Gasteiger charge is -2.09. The molecule has 5 nitrogen and oxygen atoms in total. The van der Waals surface area contributed by atoms with Gasteiger partial charge in [-0.2, -0.15) is 28.1 Å². The highest BCUT2D eigenvalue weighted by Gasteiger charge is 2.35. The molecule has 0 radical (unpaired) electrons. The minimum Gasteiger partial charge on any atom is -0.368 e. The van der Waals surface area contributed by atoms with Crippen molar-refractivity contribution in [2.24, 2.45) is 0 Å². The van der Waals surface area contributed by atoms with Crippen LogP contribution in [0.1, 0.15) is 11.4 Å². The second-order valence-electron chi connectivity index (χ2n) is 4.00. The Morgan fingerprint density at radius 2 is 1.75 bits per heavy atom. The highest BCUT2D eigenvalue weighted by molar-refractivity contribution is 5.32. The molecule has 8 heteroatoms. The number of nitrogens with zero attached hydrogens (tertiary/aromatic N) is 3. The molecule has 20 heavy (non-hydrogen) atoms. The number of hydrogen-bond acceptors (Lipinski definition) is 5. The predicted octanol–water partition coefficient (Wildman–Crippen LogP) is 2.13. The SMILES string of the molecule is Nc1nc(NCCc2ccccc2)nc(C(F)(F)F)n1. The molecule has 0 unspecified atom stereocenters. The lowest BCUT2D eigenvalue weighted by molar-refractivity contribution is -0.144. The Bertz CT molecular complexity index is 571. The zero-order valence-electron chi connectivity index (χ0n) is 10.4. The summed E-state index contributed by atoms with van der Waals surface area (Å²) in [5.74, 6) is -1.94. The number of hydrogen-bond donors (Lipinski definition) is 2. The lowest BCUT2D eigenvalue weighted by Crippen LogP contribution is -2.17. The average molecular weight is 283 g/mol. The molecule has 0 atom stereocenters. The van der Waals surface area contributed by atoms with Gasteiger partial charge in [0.2, 0.25) is 17.7 Å². The summed E-state index contributed by atoms with van der Waals surface area (Å²) >= 11 is 0. The minimum absolute atomic E-state index is 0.180. The Kier molecular flexibility index (Phi) is 4.02. The van der Waals surface area contributed by atoms with Crippen LogP contribution in [0.5, 0.6) is 0 Å². The second-order valence-corrected chi connectivity index (χ2v) is 4.00. The number of benzene rings is 1. The molecule has 0 fully saturated rings. The standard InChI is InChI=1S/C12H12F3N5/c13-12(14,15)9-18-10(16)20-11(19-9)17-7-6-8-4-2-1-3-5-8/h1-5H,6-7H2,(H3,16,17,18,19,20). The fraction of sp³-hybridized carbons (Fsp3) is 0.250. The first-order valence-corrected chi connectivity index (χ1v) is 5.82. The topological polar surface area (TPSA) is 76.7 Å². The molecule has 0 bridgehead atoms. The average Bonchev–Trinajstić information content (AvgIpc) is 2.38. The first kappa shape index (κ1) is 14.0. The van der Waals surface area contributed by atoms with Crippen molar-refractivity contribution in [2.45, 2.75) is 12.6 Å². The van der Waals surface area contributed by atoms with E-state index in [0.29, 0.717) is 13.0 Å². The van der Waals surface area contributed by atoms with Crippen LogP contribution in [0.4, 0.5) is 25.1 Å². The second kappa shape index (κ2) is 5.72. The molecule has 1 heterocycles. The maximum Gasteiger partial charge on any atom is 0.451 e. The van der Waals surface area contributed by atoms with Gasteiger partial charge in [-0.3, -0.25) is 0 Å². The first-order valence-electron chi connectivity index (χ1n) is 5.82. The third-order valence-corrected chi connectivity index (χ3v) is 2.45. The van der Waals surface area contributed by atoms with E-state index < -0.39 is 17.9 Å². The molecule has 2 aromatic rings. The van der Waals surface area contributed by atoms with Gasteiger partial charge < -0.3 is 11.1 Å². The van der Waals surface area contributed by atoms with Crippen molar-refractivity contribution in [1.82, 2.24) is 15.0 Å². The van der Waals surface area contributed by atoms with Crippen molar-refractivity contribution in [3.63, 3.8) is 0 Å². The normalized spacial score (nSPS) is 11.3. The number of rotatable bonds is 4. The van der Waals surface area contributed by atoms with E-state index in [1.54, 1.807) is 0 Å². The number of aromatic nitrogens is 3. The molecule has 0 saturated carbocycles. The summed E-state index contributed by atoms with van der Waals surface area (Å²) in [6, 6.07) is 9.50. The van der Waals surface area contributed by atoms with Gasteiger partial charge in [0.1, 0.15) is 0 Å². The molecule has 0 aliphatic rings. The van der Waals surface area contributed by atoms with Crippen molar-refractivity contribution in [3.05, 3.63) is 41.7 Å². The zero-order chi connectivity index (χ0) is 14.6. The predicted molar refractivity (Wildman–Crippen MR) is 67.9 cm³/mol. The largest absolute Gasteiger partial charge is 0.451 e. The van der Waals surface area contributed by atoms with E-state index in [1.165, 1.54) is 0 Å². The summed E-state index contributed by atoms with van der Waals surface area (Å²) in [4.78, 5) is 9.98. The summed E-state index contributed by atoms with van der Waals surface area (Å²) in [6.45, 7) is 0.394. The van der Waals surface area contributed by atoms with Crippen molar-refractivity contribution in [1.29, 1.82) is 0 Å². The van der Waals surface area contributed by atoms with Gasteiger partial charge in [0, 0.05) is 6.54 Å². The summed E-state index contributed by atoms with van der Waals surface area (Å²) in [5.41, 5.74) is 6.29. The van der Waals surface area contributed by atoms with E-state index in [0.717, 1.165) is 5.56 Å². The number of anilines is 2. The fourth-order valence-corrected chi connectivity index (χ4v) is 1.56. The number of nitrogen functional groups attached to an aromatic ring is 1. The van der Waals surface area contributed by atoms with E-state index in [1.807, 2.05) is 30.3 Å². The Hall–Kier alpha value is -2.38. The minimum atomic E-state index is -4.65. The van der Waals surface area contributed by atoms with Gasteiger partial charge in [-0.1, -0.05) is 30.3 Å². The van der Waals surface area contributed by atoms with E-state index in [2.05, 4.69) is 20.3 Å². The van der Waals surface area contributed by atoms with Crippen LogP contribution in [0.2, 0.25) is 0 Å². The number of alkyl halides is 3. The van der Waals surface area contributed by atoms with E-state index in [9.17, 15) is 13.2 Å². The maximum atomic E-state index is 12.5. The van der Waals surface area contributed by atoms with Gasteiger partial charge in [0.05, 0.1) is 0 Å². The molecular formula is C12H12F3N5. The van der Waals surface area contributed by atoms with Crippen LogP contribution in [0.25, 0.3) is 0 Å². The molecule has 0 amide bonds. The van der Waals surface area contributed by atoms with Gasteiger partial charge in [-0.15, -0.1) is 0 Å². The summed E-state index contributed by atoms with van der Waals surface area (Å²) in [6.07, 6.45) is -4.01. The number of nitrogens with one attached hydrogen (secondary N) is 1. The van der Waals surface area contributed by atoms with Gasteiger partial charge >= 0.3 is 6.18 Å². The monoisotopic (exact) mass is 283 g/mol. The molecule has 1 aromatic heterocycles. The maximum absolute atomic E-state index is 12.5. The molecule has 0 saturated heterocycles. The summed E-state index contributed by atoms with van der Waals surface area (Å²) in [7, 11) is 0. The molecule has 3 N–H and O–H groups in total. The van der Waals surface area contributed by atoms with E-state index >= 15 is 0 Å². The lowest BCUT2D eigenvalue weighted by atomic mass is 10.1. The molecule has 0 spiro atoms. The highest BCUT2D eigenvalue weighted by Crippen LogP contribution is 2.26. The fourth-order valence-electron chi connectivity index (χ4n) is 1.56. The van der Waals surface area contributed by atoms with Crippen LogP contribution >= 0.6 is 0 Å². The van der Waals surface area contributed by atoms with Gasteiger partial charge in [-0.05, 0) is 12.0 Å². The van der Waals surface area contributed by atoms with Crippen LogP contribution in [0, 0.1) is 0 Å². The quantitative estimate of drug-likeness (QED) is 0.898. The van der Waals surface area contributed by atoms with Crippen LogP contribution in [0.3, 0.4) is 0 Å². The Labute approximate surface area is 113 Å². The Morgan fingerprint density at radius 1 is 1.05 bits per heavy atom. The van der Waals surface area contributed by atoms with Crippen LogP contribution < -0.4 is 11.1 Å². The summed E-state index contributed by atoms with van der Waals surface area (Å²) < 4.78 is 37.5. The van der Waals surface area contributed by atoms with Gasteiger partial charge in [-0.25, -0.2) is 0 Å². The van der Waals surface area contributed by atoms with Crippen LogP contribution in [-0.2, 0) is 12.6 Å². The van der Waals surface area contributed by atoms with Crippen LogP contribution in [-0.4, -0.2) is 21.5 Å². The van der Waals surface area contributed by atoms with E-state index in [4.69, 9.17) is 5.73 Å². The zero-order valence-corrected chi connectivity index (χ0v) is 10.4. The van der Waals surface area contributed by atoms with Crippen molar-refractivity contribution < 1.29 is 13.2 Å². The number of halogens is 3. The molecule has 106 valence electrons. The Balaban J connectivity index is 2.01. The highest BCUT2D eigenvalue weighted by atomic mass is 19.4. The van der Waals surface area contributed by atoms with Crippen LogP contribution in [0.15, 0.2) is 30.3 Å².